The van der Waals surface area contributed by atoms with Gasteiger partial charge in [-0.05, 0) is 18.2 Å². The number of hydrogen-bond acceptors (Lipinski definition) is 4. The average Bonchev–Trinajstić information content (AvgIpc) is 2.20. The van der Waals surface area contributed by atoms with Crippen LogP contribution >= 0.6 is 0 Å². The van der Waals surface area contributed by atoms with Gasteiger partial charge in [0.05, 0.1) is 10.6 Å². The van der Waals surface area contributed by atoms with E-state index >= 15 is 0 Å². The molecule has 94 valence electrons. The third kappa shape index (κ3) is 3.79. The van der Waals surface area contributed by atoms with Gasteiger partial charge in [0.25, 0.3) is 0 Å². The normalized spacial score (nSPS) is 11.2. The molecule has 0 unspecified atom stereocenters. The van der Waals surface area contributed by atoms with Crippen LogP contribution in [-0.4, -0.2) is 27.1 Å². The van der Waals surface area contributed by atoms with Crippen molar-refractivity contribution in [2.45, 2.75) is 11.3 Å². The largest absolute Gasteiger partial charge is 0.330 e. The summed E-state index contributed by atoms with van der Waals surface area (Å²) < 4.78 is 35.8. The van der Waals surface area contributed by atoms with Crippen LogP contribution in [0.5, 0.6) is 0 Å². The number of sulfone groups is 1. The van der Waals surface area contributed by atoms with Gasteiger partial charge in [-0.1, -0.05) is 0 Å². The highest BCUT2D eigenvalue weighted by molar-refractivity contribution is 7.90. The number of hydrogen-bond donors (Lipinski definition) is 2. The number of benzene rings is 1. The number of carbonyl (C=O) groups excluding carboxylic acids is 1. The number of carbonyl (C=O) groups is 1. The summed E-state index contributed by atoms with van der Waals surface area (Å²) in [6.45, 7) is 0.138. The molecule has 17 heavy (non-hydrogen) atoms. The van der Waals surface area contributed by atoms with E-state index in [9.17, 15) is 17.6 Å². The molecule has 0 heterocycles. The Morgan fingerprint density at radius 1 is 1.47 bits per heavy atom. The van der Waals surface area contributed by atoms with Crippen LogP contribution in [0.1, 0.15) is 6.42 Å². The van der Waals surface area contributed by atoms with Gasteiger partial charge in [0, 0.05) is 19.2 Å². The molecule has 0 atom stereocenters. The number of halogens is 1. The van der Waals surface area contributed by atoms with Crippen molar-refractivity contribution in [1.29, 1.82) is 0 Å². The molecule has 0 aliphatic carbocycles. The smallest absolute Gasteiger partial charge is 0.225 e. The first-order chi connectivity index (χ1) is 7.84. The number of anilines is 1. The SMILES string of the molecule is CS(=O)(=O)c1ccc(F)c(NC(=O)CCN)c1. The lowest BCUT2D eigenvalue weighted by atomic mass is 10.3. The molecule has 1 amide bonds. The Balaban J connectivity index is 3.03. The summed E-state index contributed by atoms with van der Waals surface area (Å²) in [5.74, 6) is -1.15. The summed E-state index contributed by atoms with van der Waals surface area (Å²) in [5, 5.41) is 2.27. The zero-order valence-corrected chi connectivity index (χ0v) is 10.1. The highest BCUT2D eigenvalue weighted by Gasteiger charge is 2.12. The number of amides is 1. The van der Waals surface area contributed by atoms with E-state index in [1.807, 2.05) is 0 Å². The lowest BCUT2D eigenvalue weighted by Crippen LogP contribution is -2.17. The summed E-state index contributed by atoms with van der Waals surface area (Å²) in [7, 11) is -3.43. The molecular formula is C10H13FN2O3S. The van der Waals surface area contributed by atoms with Crippen LogP contribution in [0, 0.1) is 5.82 Å². The van der Waals surface area contributed by atoms with Crippen molar-refractivity contribution >= 4 is 21.4 Å². The molecule has 5 nitrogen and oxygen atoms in total. The summed E-state index contributed by atoms with van der Waals surface area (Å²) in [5.41, 5.74) is 5.01. The first-order valence-corrected chi connectivity index (χ1v) is 6.73. The van der Waals surface area contributed by atoms with Gasteiger partial charge in [0.1, 0.15) is 5.82 Å². The zero-order chi connectivity index (χ0) is 13.1. The van der Waals surface area contributed by atoms with Crippen LogP contribution in [-0.2, 0) is 14.6 Å². The fourth-order valence-corrected chi connectivity index (χ4v) is 1.82. The molecule has 0 saturated carbocycles. The Morgan fingerprint density at radius 3 is 2.65 bits per heavy atom. The van der Waals surface area contributed by atoms with Crippen molar-refractivity contribution in [3.05, 3.63) is 24.0 Å². The lowest BCUT2D eigenvalue weighted by Gasteiger charge is -2.07. The van der Waals surface area contributed by atoms with Crippen LogP contribution in [0.4, 0.5) is 10.1 Å². The minimum atomic E-state index is -3.43. The molecule has 0 aliphatic rings. The molecule has 1 aromatic rings. The second-order valence-corrected chi connectivity index (χ2v) is 5.52. The van der Waals surface area contributed by atoms with Gasteiger partial charge >= 0.3 is 0 Å². The number of nitrogens with two attached hydrogens (primary N) is 1. The van der Waals surface area contributed by atoms with Crippen LogP contribution in [0.2, 0.25) is 0 Å². The van der Waals surface area contributed by atoms with E-state index < -0.39 is 21.6 Å². The summed E-state index contributed by atoms with van der Waals surface area (Å²) in [6, 6.07) is 3.22. The van der Waals surface area contributed by atoms with E-state index in [0.29, 0.717) is 0 Å². The van der Waals surface area contributed by atoms with Gasteiger partial charge in [0.15, 0.2) is 9.84 Å². The summed E-state index contributed by atoms with van der Waals surface area (Å²) in [4.78, 5) is 11.2. The van der Waals surface area contributed by atoms with Crippen LogP contribution in [0.25, 0.3) is 0 Å². The Bertz CT molecular complexity index is 528. The van der Waals surface area contributed by atoms with Gasteiger partial charge in [-0.15, -0.1) is 0 Å². The predicted octanol–water partition coefficient (Wildman–Crippen LogP) is 0.517. The highest BCUT2D eigenvalue weighted by Crippen LogP contribution is 2.19. The first kappa shape index (κ1) is 13.6. The van der Waals surface area contributed by atoms with Gasteiger partial charge < -0.3 is 11.1 Å². The fourth-order valence-electron chi connectivity index (χ4n) is 1.17. The molecule has 0 spiro atoms. The predicted molar refractivity (Wildman–Crippen MR) is 61.8 cm³/mol. The standard InChI is InChI=1S/C10H13FN2O3S/c1-17(15,16)7-2-3-8(11)9(6-7)13-10(14)4-5-12/h2-3,6H,4-5,12H2,1H3,(H,13,14). The molecule has 7 heteroatoms. The fraction of sp³-hybridized carbons (Fsp3) is 0.300. The Hall–Kier alpha value is -1.47. The lowest BCUT2D eigenvalue weighted by molar-refractivity contribution is -0.116. The van der Waals surface area contributed by atoms with E-state index in [1.165, 1.54) is 0 Å². The monoisotopic (exact) mass is 260 g/mol. The number of nitrogens with one attached hydrogen (secondary N) is 1. The zero-order valence-electron chi connectivity index (χ0n) is 9.23. The van der Waals surface area contributed by atoms with Gasteiger partial charge in [-0.25, -0.2) is 12.8 Å². The molecule has 1 rings (SSSR count). The Morgan fingerprint density at radius 2 is 2.12 bits per heavy atom. The quantitative estimate of drug-likeness (QED) is 0.772. The molecular weight excluding hydrogens is 247 g/mol. The molecule has 0 aromatic heterocycles. The molecule has 1 aromatic carbocycles. The van der Waals surface area contributed by atoms with E-state index in [0.717, 1.165) is 24.5 Å². The maximum absolute atomic E-state index is 13.3. The van der Waals surface area contributed by atoms with Gasteiger partial charge in [-0.2, -0.15) is 0 Å². The van der Waals surface area contributed by atoms with Crippen LogP contribution in [0.15, 0.2) is 23.1 Å². The van der Waals surface area contributed by atoms with Crippen molar-refractivity contribution in [1.82, 2.24) is 0 Å². The minimum Gasteiger partial charge on any atom is -0.330 e. The molecule has 0 saturated heterocycles. The summed E-state index contributed by atoms with van der Waals surface area (Å²) >= 11 is 0. The number of rotatable bonds is 4. The minimum absolute atomic E-state index is 0.0442. The molecule has 0 bridgehead atoms. The third-order valence-corrected chi connectivity index (χ3v) is 3.12. The van der Waals surface area contributed by atoms with Gasteiger partial charge in [-0.3, -0.25) is 4.79 Å². The first-order valence-electron chi connectivity index (χ1n) is 4.84. The van der Waals surface area contributed by atoms with E-state index in [2.05, 4.69) is 5.32 Å². The molecule has 0 fully saturated rings. The van der Waals surface area contributed by atoms with E-state index in [1.54, 1.807) is 0 Å². The second kappa shape index (κ2) is 5.24. The Kier molecular flexibility index (Phi) is 4.19. The Labute approximate surface area is 98.7 Å². The van der Waals surface area contributed by atoms with Crippen molar-refractivity contribution in [3.8, 4) is 0 Å². The van der Waals surface area contributed by atoms with Crippen LogP contribution < -0.4 is 11.1 Å². The molecule has 0 radical (unpaired) electrons. The van der Waals surface area contributed by atoms with Crippen molar-refractivity contribution in [2.24, 2.45) is 5.73 Å². The van der Waals surface area contributed by atoms with E-state index in [-0.39, 0.29) is 23.5 Å². The van der Waals surface area contributed by atoms with Crippen LogP contribution in [0.3, 0.4) is 0 Å². The topological polar surface area (TPSA) is 89.3 Å². The molecule has 0 aliphatic heterocycles. The highest BCUT2D eigenvalue weighted by atomic mass is 32.2. The second-order valence-electron chi connectivity index (χ2n) is 3.50. The van der Waals surface area contributed by atoms with Gasteiger partial charge in [0.2, 0.25) is 5.91 Å². The maximum Gasteiger partial charge on any atom is 0.225 e. The van der Waals surface area contributed by atoms with E-state index in [4.69, 9.17) is 5.73 Å². The molecule has 3 N–H and O–H groups in total. The van der Waals surface area contributed by atoms with Crippen molar-refractivity contribution < 1.29 is 17.6 Å². The third-order valence-electron chi connectivity index (χ3n) is 2.01. The maximum atomic E-state index is 13.3. The van der Waals surface area contributed by atoms with Crippen molar-refractivity contribution in [2.75, 3.05) is 18.1 Å². The average molecular weight is 260 g/mol. The van der Waals surface area contributed by atoms with Crippen molar-refractivity contribution in [3.63, 3.8) is 0 Å². The summed E-state index contributed by atoms with van der Waals surface area (Å²) in [6.07, 6.45) is 1.05.